The van der Waals surface area contributed by atoms with E-state index < -0.39 is 21.5 Å². The minimum atomic E-state index is -3.48. The summed E-state index contributed by atoms with van der Waals surface area (Å²) >= 11 is 0. The maximum atomic E-state index is 12.7. The standard InChI is InChI=1S/C24H27N3O5S/c1-24(2,3)27-22(29)19-11-8-17(14-20(19)23(27)30)21(28)25-15-16-6-9-18(10-7-16)33(31,32)26-12-4-5-13-26/h6-11,14H,4-5,12-13,15H2,1-3H3,(H,25,28). The van der Waals surface area contributed by atoms with Gasteiger partial charge in [-0.3, -0.25) is 19.3 Å². The number of fused-ring (bicyclic) bond motifs is 1. The van der Waals surface area contributed by atoms with E-state index in [1.807, 2.05) is 0 Å². The van der Waals surface area contributed by atoms with Crippen LogP contribution in [0, 0.1) is 0 Å². The van der Waals surface area contributed by atoms with Crippen LogP contribution in [0.4, 0.5) is 0 Å². The molecule has 0 unspecified atom stereocenters. The van der Waals surface area contributed by atoms with Crippen LogP contribution in [0.15, 0.2) is 47.4 Å². The number of sulfonamides is 1. The molecule has 4 rings (SSSR count). The van der Waals surface area contributed by atoms with Gasteiger partial charge in [0.25, 0.3) is 17.7 Å². The first kappa shape index (κ1) is 23.1. The lowest BCUT2D eigenvalue weighted by molar-refractivity contribution is 0.0507. The summed E-state index contributed by atoms with van der Waals surface area (Å²) in [5.41, 5.74) is 0.874. The summed E-state index contributed by atoms with van der Waals surface area (Å²) in [6, 6.07) is 10.9. The van der Waals surface area contributed by atoms with Crippen LogP contribution in [0.2, 0.25) is 0 Å². The summed E-state index contributed by atoms with van der Waals surface area (Å²) < 4.78 is 26.7. The molecule has 0 bridgehead atoms. The molecule has 8 nitrogen and oxygen atoms in total. The molecular formula is C24H27N3O5S. The number of hydrogen-bond acceptors (Lipinski definition) is 5. The van der Waals surface area contributed by atoms with Gasteiger partial charge in [-0.1, -0.05) is 12.1 Å². The average molecular weight is 470 g/mol. The van der Waals surface area contributed by atoms with Crippen LogP contribution in [-0.4, -0.2) is 54.0 Å². The maximum Gasteiger partial charge on any atom is 0.262 e. The Balaban J connectivity index is 1.44. The summed E-state index contributed by atoms with van der Waals surface area (Å²) in [5, 5.41) is 2.78. The summed E-state index contributed by atoms with van der Waals surface area (Å²) in [6.45, 7) is 6.63. The second kappa shape index (κ2) is 8.39. The van der Waals surface area contributed by atoms with E-state index in [-0.39, 0.29) is 34.4 Å². The molecule has 1 saturated heterocycles. The molecule has 3 amide bonds. The Morgan fingerprint density at radius 1 is 0.939 bits per heavy atom. The maximum absolute atomic E-state index is 12.7. The summed E-state index contributed by atoms with van der Waals surface area (Å²) in [4.78, 5) is 39.4. The minimum Gasteiger partial charge on any atom is -0.348 e. The SMILES string of the molecule is CC(C)(C)N1C(=O)c2ccc(C(=O)NCc3ccc(S(=O)(=O)N4CCCC4)cc3)cc2C1=O. The van der Waals surface area contributed by atoms with Crippen molar-refractivity contribution in [3.8, 4) is 0 Å². The number of benzene rings is 2. The number of nitrogens with zero attached hydrogens (tertiary/aromatic N) is 2. The van der Waals surface area contributed by atoms with Gasteiger partial charge in [-0.05, 0) is 69.5 Å². The fourth-order valence-corrected chi connectivity index (χ4v) is 5.65. The lowest BCUT2D eigenvalue weighted by Crippen LogP contribution is -2.45. The molecule has 174 valence electrons. The third-order valence-electron chi connectivity index (χ3n) is 5.90. The first-order valence-electron chi connectivity index (χ1n) is 10.9. The molecule has 1 N–H and O–H groups in total. The third-order valence-corrected chi connectivity index (χ3v) is 7.81. The number of carbonyl (C=O) groups is 3. The van der Waals surface area contributed by atoms with E-state index in [9.17, 15) is 22.8 Å². The smallest absolute Gasteiger partial charge is 0.262 e. The van der Waals surface area contributed by atoms with E-state index in [1.165, 1.54) is 27.4 Å². The predicted molar refractivity (Wildman–Crippen MR) is 122 cm³/mol. The number of amides is 3. The molecule has 0 aliphatic carbocycles. The summed E-state index contributed by atoms with van der Waals surface area (Å²) in [5.74, 6) is -1.16. The first-order chi connectivity index (χ1) is 15.5. The highest BCUT2D eigenvalue weighted by Gasteiger charge is 2.42. The van der Waals surface area contributed by atoms with Crippen LogP contribution in [0.1, 0.15) is 70.3 Å². The van der Waals surface area contributed by atoms with Gasteiger partial charge in [-0.25, -0.2) is 8.42 Å². The van der Waals surface area contributed by atoms with Crippen LogP contribution in [0.3, 0.4) is 0 Å². The van der Waals surface area contributed by atoms with Crippen molar-refractivity contribution in [2.75, 3.05) is 13.1 Å². The highest BCUT2D eigenvalue weighted by atomic mass is 32.2. The van der Waals surface area contributed by atoms with Crippen molar-refractivity contribution in [1.82, 2.24) is 14.5 Å². The normalized spacial score (nSPS) is 16.9. The van der Waals surface area contributed by atoms with Crippen molar-refractivity contribution in [3.05, 3.63) is 64.7 Å². The van der Waals surface area contributed by atoms with E-state index in [0.717, 1.165) is 18.4 Å². The zero-order valence-electron chi connectivity index (χ0n) is 18.9. The molecule has 2 aliphatic rings. The van der Waals surface area contributed by atoms with Gasteiger partial charge in [-0.2, -0.15) is 4.31 Å². The van der Waals surface area contributed by atoms with Crippen molar-refractivity contribution in [1.29, 1.82) is 0 Å². The Morgan fingerprint density at radius 2 is 1.55 bits per heavy atom. The molecule has 0 radical (unpaired) electrons. The number of rotatable bonds is 5. The van der Waals surface area contributed by atoms with E-state index in [1.54, 1.807) is 45.0 Å². The largest absolute Gasteiger partial charge is 0.348 e. The molecule has 2 heterocycles. The Labute approximate surface area is 193 Å². The second-order valence-corrected chi connectivity index (χ2v) is 11.3. The quantitative estimate of drug-likeness (QED) is 0.678. The second-order valence-electron chi connectivity index (χ2n) is 9.31. The molecule has 1 fully saturated rings. The number of imide groups is 1. The number of hydrogen-bond donors (Lipinski definition) is 1. The zero-order chi connectivity index (χ0) is 24.0. The van der Waals surface area contributed by atoms with E-state index in [0.29, 0.717) is 18.7 Å². The molecule has 33 heavy (non-hydrogen) atoms. The van der Waals surface area contributed by atoms with Crippen molar-refractivity contribution >= 4 is 27.7 Å². The van der Waals surface area contributed by atoms with Gasteiger partial charge >= 0.3 is 0 Å². The number of nitrogens with one attached hydrogen (secondary N) is 1. The van der Waals surface area contributed by atoms with Crippen molar-refractivity contribution in [2.45, 2.75) is 50.6 Å². The molecule has 9 heteroatoms. The molecule has 2 aromatic carbocycles. The van der Waals surface area contributed by atoms with Crippen LogP contribution >= 0.6 is 0 Å². The van der Waals surface area contributed by atoms with Gasteiger partial charge in [-0.15, -0.1) is 0 Å². The van der Waals surface area contributed by atoms with Gasteiger partial charge < -0.3 is 5.32 Å². The van der Waals surface area contributed by atoms with Gasteiger partial charge in [0.1, 0.15) is 0 Å². The lowest BCUT2D eigenvalue weighted by atomic mass is 10.1. The Hall–Kier alpha value is -3.04. The fourth-order valence-electron chi connectivity index (χ4n) is 4.13. The predicted octanol–water partition coefficient (Wildman–Crippen LogP) is 2.80. The van der Waals surface area contributed by atoms with Gasteiger partial charge in [0.2, 0.25) is 10.0 Å². The zero-order valence-corrected chi connectivity index (χ0v) is 19.7. The van der Waals surface area contributed by atoms with Crippen LogP contribution in [-0.2, 0) is 16.6 Å². The Kier molecular flexibility index (Phi) is 5.88. The van der Waals surface area contributed by atoms with Gasteiger partial charge in [0.05, 0.1) is 16.0 Å². The molecule has 0 saturated carbocycles. The molecule has 0 aromatic heterocycles. The van der Waals surface area contributed by atoms with Crippen LogP contribution in [0.5, 0.6) is 0 Å². The van der Waals surface area contributed by atoms with Gasteiger partial charge in [0.15, 0.2) is 0 Å². The van der Waals surface area contributed by atoms with Crippen molar-refractivity contribution in [2.24, 2.45) is 0 Å². The van der Waals surface area contributed by atoms with Gasteiger partial charge in [0, 0.05) is 30.7 Å². The highest BCUT2D eigenvalue weighted by Crippen LogP contribution is 2.30. The minimum absolute atomic E-state index is 0.195. The Morgan fingerprint density at radius 3 is 2.15 bits per heavy atom. The summed E-state index contributed by atoms with van der Waals surface area (Å²) in [6.07, 6.45) is 1.75. The van der Waals surface area contributed by atoms with Crippen LogP contribution < -0.4 is 5.32 Å². The fraction of sp³-hybridized carbons (Fsp3) is 0.375. The molecule has 0 spiro atoms. The van der Waals surface area contributed by atoms with Crippen LogP contribution in [0.25, 0.3) is 0 Å². The monoisotopic (exact) mass is 469 g/mol. The Bertz CT molecular complexity index is 1220. The molecular weight excluding hydrogens is 442 g/mol. The first-order valence-corrected chi connectivity index (χ1v) is 12.3. The molecule has 2 aromatic rings. The van der Waals surface area contributed by atoms with E-state index >= 15 is 0 Å². The van der Waals surface area contributed by atoms with Crippen molar-refractivity contribution < 1.29 is 22.8 Å². The lowest BCUT2D eigenvalue weighted by Gasteiger charge is -2.29. The molecule has 0 atom stereocenters. The van der Waals surface area contributed by atoms with Crippen molar-refractivity contribution in [3.63, 3.8) is 0 Å². The van der Waals surface area contributed by atoms with E-state index in [2.05, 4.69) is 5.32 Å². The highest BCUT2D eigenvalue weighted by molar-refractivity contribution is 7.89. The third kappa shape index (κ3) is 4.30. The van der Waals surface area contributed by atoms with E-state index in [4.69, 9.17) is 0 Å². The average Bonchev–Trinajstić information content (AvgIpc) is 3.39. The number of carbonyl (C=O) groups excluding carboxylic acids is 3. The summed E-state index contributed by atoms with van der Waals surface area (Å²) in [7, 11) is -3.48. The topological polar surface area (TPSA) is 104 Å². The molecule has 2 aliphatic heterocycles.